The molecule has 0 aliphatic carbocycles. The van der Waals surface area contributed by atoms with Gasteiger partial charge >= 0.3 is 221 Å². The summed E-state index contributed by atoms with van der Waals surface area (Å²) in [5.74, 6) is 0. The molecule has 0 aliphatic rings. The van der Waals surface area contributed by atoms with Gasteiger partial charge in [-0.2, -0.15) is 0 Å². The number of hydrogen-bond donors (Lipinski definition) is 0. The summed E-state index contributed by atoms with van der Waals surface area (Å²) in [7, 11) is 0. The third kappa shape index (κ3) is 22.5. The second-order valence-electron chi connectivity index (χ2n) is 0. The summed E-state index contributed by atoms with van der Waals surface area (Å²) < 4.78 is 0. The van der Waals surface area contributed by atoms with Gasteiger partial charge in [0.15, 0.2) is 0 Å². The third-order valence-electron chi connectivity index (χ3n) is 0. The topological polar surface area (TPSA) is 0 Å². The molecule has 0 spiro atoms. The summed E-state index contributed by atoms with van der Waals surface area (Å²) >= 11 is 0. The van der Waals surface area contributed by atoms with Crippen molar-refractivity contribution < 1.29 is 230 Å². The van der Waals surface area contributed by atoms with E-state index in [1.807, 2.05) is 0 Å². The Labute approximate surface area is 222 Å². The average molecular weight is 176 g/mol. The summed E-state index contributed by atoms with van der Waals surface area (Å²) in [5, 5.41) is 0. The average Bonchev–Trinajstić information content (AvgIpc) is 0. The Morgan fingerprint density at radius 1 is 0.500 bits per heavy atom. The van der Waals surface area contributed by atoms with Crippen molar-refractivity contribution in [1.82, 2.24) is 0 Å². The van der Waals surface area contributed by atoms with Crippen LogP contribution in [0.4, 0.5) is 0 Å². The van der Waals surface area contributed by atoms with Crippen LogP contribution in [0.25, 0.3) is 0 Å². The van der Waals surface area contributed by atoms with E-state index in [9.17, 15) is 0 Å². The molecule has 0 aromatic carbocycles. The zero-order chi connectivity index (χ0) is 0. The van der Waals surface area contributed by atoms with Gasteiger partial charge in [0.1, 0.15) is 0 Å². The van der Waals surface area contributed by atoms with Crippen LogP contribution in [0, 0.1) is 0 Å². The summed E-state index contributed by atoms with van der Waals surface area (Å²) in [6.45, 7) is 0. The molecule has 0 rings (SSSR count). The number of rotatable bonds is 0. The molecule has 0 saturated heterocycles. The summed E-state index contributed by atoms with van der Waals surface area (Å²) in [6, 6.07) is 0. The van der Waals surface area contributed by atoms with Gasteiger partial charge in [-0.05, 0) is 0 Å². The molecule has 0 unspecified atom stereocenters. The van der Waals surface area contributed by atoms with E-state index in [1.54, 1.807) is 0 Å². The van der Waals surface area contributed by atoms with Crippen LogP contribution in [-0.2, 0) is 0 Å². The Morgan fingerprint density at radius 2 is 0.500 bits per heavy atom. The van der Waals surface area contributed by atoms with Gasteiger partial charge in [-0.15, -0.1) is 0 Å². The molecule has 6 heavy (non-hydrogen) atoms. The SMILES string of the molecule is [H-].[H-].[H-].[H-].[H-].[H-].[K+].[K+].[Na+].[Na+].[Na+].[Na+]. The molecule has 0 N–H and O–H groups in total. The maximum atomic E-state index is 0. The molecule has 0 radical (unpaired) electrons. The van der Waals surface area contributed by atoms with Gasteiger partial charge in [0.05, 0.1) is 0 Å². The predicted octanol–water partition coefficient (Wildman–Crippen LogP) is -17.3. The molecule has 0 heterocycles. The molecule has 0 atom stereocenters. The van der Waals surface area contributed by atoms with Crippen molar-refractivity contribution in [3.63, 3.8) is 0 Å². The molecule has 0 amide bonds. The van der Waals surface area contributed by atoms with Gasteiger partial charge < -0.3 is 8.56 Å². The largest absolute Gasteiger partial charge is 1.00 e. The molecule has 0 fully saturated rings. The van der Waals surface area contributed by atoms with Gasteiger partial charge in [-0.3, -0.25) is 0 Å². The van der Waals surface area contributed by atoms with Crippen LogP contribution in [0.1, 0.15) is 8.56 Å². The van der Waals surface area contributed by atoms with E-state index in [2.05, 4.69) is 0 Å². The molecule has 0 aromatic heterocycles. The summed E-state index contributed by atoms with van der Waals surface area (Å²) in [6.07, 6.45) is 0. The van der Waals surface area contributed by atoms with Crippen molar-refractivity contribution in [2.75, 3.05) is 0 Å². The van der Waals surface area contributed by atoms with Crippen LogP contribution in [-0.4, -0.2) is 0 Å². The summed E-state index contributed by atoms with van der Waals surface area (Å²) in [5.41, 5.74) is 0. The zero-order valence-corrected chi connectivity index (χ0v) is 20.2. The van der Waals surface area contributed by atoms with Crippen molar-refractivity contribution in [2.45, 2.75) is 0 Å². The minimum atomic E-state index is 0. The van der Waals surface area contributed by atoms with Crippen molar-refractivity contribution in [2.24, 2.45) is 0 Å². The van der Waals surface area contributed by atoms with Gasteiger partial charge in [0.2, 0.25) is 0 Å². The molecule has 0 bridgehead atoms. The van der Waals surface area contributed by atoms with Gasteiger partial charge in [-0.25, -0.2) is 0 Å². The molecule has 0 aromatic rings. The van der Waals surface area contributed by atoms with Crippen molar-refractivity contribution in [3.8, 4) is 0 Å². The fourth-order valence-electron chi connectivity index (χ4n) is 0. The van der Waals surface area contributed by atoms with E-state index in [0.717, 1.165) is 0 Å². The van der Waals surface area contributed by atoms with Crippen LogP contribution in [0.3, 0.4) is 0 Å². The predicted molar refractivity (Wildman–Crippen MR) is 6.67 cm³/mol. The van der Waals surface area contributed by atoms with Crippen LogP contribution in [0.2, 0.25) is 0 Å². The maximum absolute atomic E-state index is 0. The van der Waals surface area contributed by atoms with Crippen LogP contribution in [0.5, 0.6) is 0 Å². The molecule has 6 heteroatoms. The van der Waals surface area contributed by atoms with Crippen LogP contribution in [0.15, 0.2) is 0 Å². The van der Waals surface area contributed by atoms with E-state index < -0.39 is 0 Å². The standard InChI is InChI=1S/2K.4Na.6H/q6*+1;6*-1. The van der Waals surface area contributed by atoms with E-state index in [4.69, 9.17) is 0 Å². The Hall–Kier alpha value is 7.27. The Balaban J connectivity index is 0. The Kier molecular flexibility index (Phi) is 186. The van der Waals surface area contributed by atoms with Gasteiger partial charge in [0.25, 0.3) is 0 Å². The van der Waals surface area contributed by atoms with Crippen molar-refractivity contribution in [1.29, 1.82) is 0 Å². The zero-order valence-electron chi connectivity index (χ0n) is 12.0. The van der Waals surface area contributed by atoms with Gasteiger partial charge in [0, 0.05) is 0 Å². The van der Waals surface area contributed by atoms with E-state index >= 15 is 0 Å². The first kappa shape index (κ1) is 37.8. The first-order valence-electron chi connectivity index (χ1n) is 0. The minimum Gasteiger partial charge on any atom is -1.00 e. The van der Waals surface area contributed by atoms with E-state index in [0.29, 0.717) is 0 Å². The normalized spacial score (nSPS) is 0. The molecular weight excluding hydrogens is 170 g/mol. The fourth-order valence-corrected chi connectivity index (χ4v) is 0. The molecule has 0 saturated carbocycles. The van der Waals surface area contributed by atoms with E-state index in [-0.39, 0.29) is 230 Å². The smallest absolute Gasteiger partial charge is 1.00 e. The first-order valence-corrected chi connectivity index (χ1v) is 0. The molecule has 12 valence electrons. The van der Waals surface area contributed by atoms with Crippen molar-refractivity contribution >= 4 is 0 Å². The fraction of sp³-hybridized carbons (Fsp3) is 0. The molecular formula is H6K2Na4. The molecule has 0 nitrogen and oxygen atoms in total. The van der Waals surface area contributed by atoms with Crippen LogP contribution >= 0.6 is 0 Å². The Morgan fingerprint density at radius 3 is 0.500 bits per heavy atom. The quantitative estimate of drug-likeness (QED) is 0.322. The van der Waals surface area contributed by atoms with Crippen molar-refractivity contribution in [3.05, 3.63) is 0 Å². The van der Waals surface area contributed by atoms with Crippen LogP contribution < -0.4 is 221 Å². The second kappa shape index (κ2) is 29.5. The summed E-state index contributed by atoms with van der Waals surface area (Å²) in [4.78, 5) is 0. The second-order valence-corrected chi connectivity index (χ2v) is 0. The molecule has 0 aliphatic heterocycles. The van der Waals surface area contributed by atoms with Gasteiger partial charge in [-0.1, -0.05) is 0 Å². The van der Waals surface area contributed by atoms with E-state index in [1.165, 1.54) is 0 Å². The minimum absolute atomic E-state index is 0. The third-order valence-corrected chi connectivity index (χ3v) is 0. The first-order chi connectivity index (χ1) is 0. The Bertz CT molecular complexity index is 17.5. The number of hydrogen-bond acceptors (Lipinski definition) is 0. The monoisotopic (exact) mass is 176 g/mol. The maximum Gasteiger partial charge on any atom is 1.00 e.